The maximum atomic E-state index is 12.7. The Morgan fingerprint density at radius 1 is 1.20 bits per heavy atom. The molecule has 0 saturated carbocycles. The van der Waals surface area contributed by atoms with Gasteiger partial charge in [0.2, 0.25) is 0 Å². The van der Waals surface area contributed by atoms with Crippen molar-refractivity contribution >= 4 is 23.4 Å². The third-order valence-corrected chi connectivity index (χ3v) is 5.45. The van der Waals surface area contributed by atoms with E-state index in [-0.39, 0.29) is 11.8 Å². The van der Waals surface area contributed by atoms with Crippen LogP contribution in [-0.4, -0.2) is 21.4 Å². The number of alkyl halides is 3. The summed E-state index contributed by atoms with van der Waals surface area (Å²) in [5.74, 6) is 0.132. The molecule has 0 bridgehead atoms. The summed E-state index contributed by atoms with van der Waals surface area (Å²) >= 11 is 1.48. The Labute approximate surface area is 175 Å². The number of amides is 1. The Morgan fingerprint density at radius 2 is 1.90 bits per heavy atom. The minimum absolute atomic E-state index is 0.119. The van der Waals surface area contributed by atoms with Crippen LogP contribution < -0.4 is 5.32 Å². The Morgan fingerprint density at radius 3 is 2.53 bits per heavy atom. The molecular formula is C21H17F3N4OS. The van der Waals surface area contributed by atoms with Crippen LogP contribution >= 0.6 is 11.8 Å². The zero-order chi connectivity index (χ0) is 21.7. The number of hydrogen-bond donors (Lipinski definition) is 1. The summed E-state index contributed by atoms with van der Waals surface area (Å²) in [7, 11) is 0. The molecule has 1 amide bonds. The van der Waals surface area contributed by atoms with Gasteiger partial charge in [-0.05, 0) is 49.4 Å². The first-order valence-corrected chi connectivity index (χ1v) is 9.92. The Hall–Kier alpha value is -3.25. The Kier molecular flexibility index (Phi) is 6.47. The smallest absolute Gasteiger partial charge is 0.321 e. The number of rotatable bonds is 6. The molecule has 9 heteroatoms. The number of thioether (sulfide) groups is 1. The van der Waals surface area contributed by atoms with E-state index in [1.807, 2.05) is 19.1 Å². The molecule has 5 nitrogen and oxygen atoms in total. The van der Waals surface area contributed by atoms with Gasteiger partial charge >= 0.3 is 6.18 Å². The molecule has 1 atom stereocenters. The van der Waals surface area contributed by atoms with Crippen LogP contribution in [0.25, 0.3) is 5.69 Å². The van der Waals surface area contributed by atoms with Crippen molar-refractivity contribution in [3.8, 4) is 11.8 Å². The second kappa shape index (κ2) is 9.05. The van der Waals surface area contributed by atoms with E-state index >= 15 is 0 Å². The first-order valence-electron chi connectivity index (χ1n) is 8.94. The second-order valence-electron chi connectivity index (χ2n) is 6.48. The molecule has 1 aromatic heterocycles. The van der Waals surface area contributed by atoms with Crippen molar-refractivity contribution in [3.63, 3.8) is 0 Å². The SMILES string of the molecule is CC(C#N)CSc1ccccc1NC(=O)c1ccc(-n2ccc(C(F)(F)F)n2)cc1. The van der Waals surface area contributed by atoms with Crippen LogP contribution in [0.15, 0.2) is 65.7 Å². The lowest BCUT2D eigenvalue weighted by atomic mass is 10.2. The molecule has 2 aromatic carbocycles. The van der Waals surface area contributed by atoms with E-state index in [1.54, 1.807) is 12.1 Å². The third-order valence-electron chi connectivity index (χ3n) is 4.12. The van der Waals surface area contributed by atoms with E-state index < -0.39 is 11.9 Å². The monoisotopic (exact) mass is 430 g/mol. The van der Waals surface area contributed by atoms with Crippen LogP contribution in [0.5, 0.6) is 0 Å². The lowest BCUT2D eigenvalue weighted by Crippen LogP contribution is -2.13. The standard InChI is InChI=1S/C21H17F3N4OS/c1-14(12-25)13-30-18-5-3-2-4-17(18)26-20(29)15-6-8-16(9-7-15)28-11-10-19(27-28)21(22,23)24/h2-11,14H,13H2,1H3,(H,26,29). The quantitative estimate of drug-likeness (QED) is 0.532. The van der Waals surface area contributed by atoms with Gasteiger partial charge in [0, 0.05) is 22.4 Å². The van der Waals surface area contributed by atoms with Gasteiger partial charge in [0.25, 0.3) is 5.91 Å². The second-order valence-corrected chi connectivity index (χ2v) is 7.54. The molecule has 1 unspecified atom stereocenters. The molecule has 3 aromatic rings. The number of halogens is 3. The number of carbonyl (C=O) groups is 1. The summed E-state index contributed by atoms with van der Waals surface area (Å²) in [5, 5.41) is 15.3. The van der Waals surface area contributed by atoms with Gasteiger partial charge < -0.3 is 5.32 Å². The molecular weight excluding hydrogens is 413 g/mol. The predicted molar refractivity (Wildman–Crippen MR) is 108 cm³/mol. The van der Waals surface area contributed by atoms with Gasteiger partial charge in [-0.3, -0.25) is 4.79 Å². The number of nitrogens with zero attached hydrogens (tertiary/aromatic N) is 3. The summed E-state index contributed by atoms with van der Waals surface area (Å²) in [6.45, 7) is 1.83. The van der Waals surface area contributed by atoms with E-state index in [1.165, 1.54) is 42.2 Å². The van der Waals surface area contributed by atoms with Crippen molar-refractivity contribution in [1.29, 1.82) is 5.26 Å². The fraction of sp³-hybridized carbons (Fsp3) is 0.190. The van der Waals surface area contributed by atoms with E-state index in [0.717, 1.165) is 15.6 Å². The highest BCUT2D eigenvalue weighted by atomic mass is 32.2. The normalized spacial score (nSPS) is 12.2. The number of anilines is 1. The molecule has 0 aliphatic heterocycles. The summed E-state index contributed by atoms with van der Waals surface area (Å²) in [5.41, 5.74) is 0.406. The highest BCUT2D eigenvalue weighted by molar-refractivity contribution is 7.99. The summed E-state index contributed by atoms with van der Waals surface area (Å²) in [6, 6.07) is 16.4. The van der Waals surface area contributed by atoms with Gasteiger partial charge in [0.05, 0.1) is 23.4 Å². The van der Waals surface area contributed by atoms with Gasteiger partial charge in [-0.15, -0.1) is 11.8 Å². The molecule has 0 radical (unpaired) electrons. The summed E-state index contributed by atoms with van der Waals surface area (Å²) < 4.78 is 39.2. The number of nitriles is 1. The van der Waals surface area contributed by atoms with Crippen molar-refractivity contribution < 1.29 is 18.0 Å². The highest BCUT2D eigenvalue weighted by Gasteiger charge is 2.33. The van der Waals surface area contributed by atoms with Crippen LogP contribution in [0.3, 0.4) is 0 Å². The minimum atomic E-state index is -4.51. The fourth-order valence-corrected chi connectivity index (χ4v) is 3.48. The van der Waals surface area contributed by atoms with Gasteiger partial charge in [-0.2, -0.15) is 23.5 Å². The Bertz CT molecular complexity index is 1070. The average Bonchev–Trinajstić information content (AvgIpc) is 3.24. The van der Waals surface area contributed by atoms with Crippen molar-refractivity contribution in [2.75, 3.05) is 11.1 Å². The van der Waals surface area contributed by atoms with Gasteiger partial charge in [-0.25, -0.2) is 4.68 Å². The maximum Gasteiger partial charge on any atom is 0.435 e. The molecule has 0 aliphatic carbocycles. The third kappa shape index (κ3) is 5.21. The van der Waals surface area contributed by atoms with Crippen LogP contribution in [0, 0.1) is 17.2 Å². The maximum absolute atomic E-state index is 12.7. The van der Waals surface area contributed by atoms with Crippen LogP contribution in [-0.2, 0) is 6.18 Å². The number of benzene rings is 2. The number of hydrogen-bond acceptors (Lipinski definition) is 4. The predicted octanol–water partition coefficient (Wildman–Crippen LogP) is 5.40. The fourth-order valence-electron chi connectivity index (χ4n) is 2.53. The lowest BCUT2D eigenvalue weighted by molar-refractivity contribution is -0.141. The van der Waals surface area contributed by atoms with Crippen molar-refractivity contribution in [2.24, 2.45) is 5.92 Å². The summed E-state index contributed by atoms with van der Waals surface area (Å²) in [6.07, 6.45) is -3.30. The zero-order valence-electron chi connectivity index (χ0n) is 15.8. The molecule has 0 saturated heterocycles. The molecule has 1 N–H and O–H groups in total. The Balaban J connectivity index is 1.71. The lowest BCUT2D eigenvalue weighted by Gasteiger charge is -2.11. The number of carbonyl (C=O) groups excluding carboxylic acids is 1. The largest absolute Gasteiger partial charge is 0.435 e. The number of aromatic nitrogens is 2. The van der Waals surface area contributed by atoms with Crippen LogP contribution in [0.1, 0.15) is 23.0 Å². The zero-order valence-corrected chi connectivity index (χ0v) is 16.7. The van der Waals surface area contributed by atoms with Gasteiger partial charge in [0.15, 0.2) is 5.69 Å². The van der Waals surface area contributed by atoms with Crippen LogP contribution in [0.4, 0.5) is 18.9 Å². The molecule has 30 heavy (non-hydrogen) atoms. The first-order chi connectivity index (χ1) is 14.3. The molecule has 1 heterocycles. The average molecular weight is 430 g/mol. The minimum Gasteiger partial charge on any atom is -0.321 e. The van der Waals surface area contributed by atoms with Crippen molar-refractivity contribution in [2.45, 2.75) is 18.0 Å². The summed E-state index contributed by atoms with van der Waals surface area (Å²) in [4.78, 5) is 13.4. The first kappa shape index (κ1) is 21.5. The van der Waals surface area contributed by atoms with Gasteiger partial charge in [-0.1, -0.05) is 12.1 Å². The highest BCUT2D eigenvalue weighted by Crippen LogP contribution is 2.29. The molecule has 154 valence electrons. The van der Waals surface area contributed by atoms with E-state index in [4.69, 9.17) is 5.26 Å². The van der Waals surface area contributed by atoms with Crippen molar-refractivity contribution in [1.82, 2.24) is 9.78 Å². The topological polar surface area (TPSA) is 70.7 Å². The molecule has 0 fully saturated rings. The number of para-hydroxylation sites is 1. The van der Waals surface area contributed by atoms with E-state index in [9.17, 15) is 18.0 Å². The van der Waals surface area contributed by atoms with Crippen LogP contribution in [0.2, 0.25) is 0 Å². The van der Waals surface area contributed by atoms with Crippen molar-refractivity contribution in [3.05, 3.63) is 72.1 Å². The molecule has 3 rings (SSSR count). The van der Waals surface area contributed by atoms with E-state index in [2.05, 4.69) is 16.5 Å². The molecule has 0 aliphatic rings. The van der Waals surface area contributed by atoms with E-state index in [0.29, 0.717) is 22.7 Å². The van der Waals surface area contributed by atoms with Gasteiger partial charge in [0.1, 0.15) is 0 Å². The molecule has 0 spiro atoms. The number of nitrogens with one attached hydrogen (secondary N) is 1.